The van der Waals surface area contributed by atoms with Crippen LogP contribution in [0, 0.1) is 6.92 Å². The van der Waals surface area contributed by atoms with E-state index in [-0.39, 0.29) is 11.9 Å². The Bertz CT molecular complexity index is 475. The molecule has 1 aromatic rings. The Labute approximate surface area is 128 Å². The number of likely N-dealkylation sites (N-methyl/N-ethyl adjacent to an activating group) is 1. The summed E-state index contributed by atoms with van der Waals surface area (Å²) in [7, 11) is 0. The first-order valence-electron chi connectivity index (χ1n) is 7.72. The molecule has 2 atom stereocenters. The number of carbonyl (C=O) groups excluding carboxylic acids is 1. The van der Waals surface area contributed by atoms with E-state index in [0.717, 1.165) is 13.1 Å². The zero-order valence-corrected chi connectivity index (χ0v) is 13.9. The number of amides is 1. The number of nitrogens with one attached hydrogen (secondary N) is 1. The molecule has 0 aliphatic rings. The van der Waals surface area contributed by atoms with Gasteiger partial charge in [-0.2, -0.15) is 0 Å². The van der Waals surface area contributed by atoms with Crippen LogP contribution in [0.1, 0.15) is 39.7 Å². The Morgan fingerprint density at radius 1 is 1.43 bits per heavy atom. The van der Waals surface area contributed by atoms with Crippen LogP contribution in [0.5, 0.6) is 0 Å². The Kier molecular flexibility index (Phi) is 6.21. The summed E-state index contributed by atoms with van der Waals surface area (Å²) in [5, 5.41) is 3.23. The van der Waals surface area contributed by atoms with Gasteiger partial charge in [-0.25, -0.2) is 0 Å². The van der Waals surface area contributed by atoms with Crippen molar-refractivity contribution >= 4 is 11.6 Å². The van der Waals surface area contributed by atoms with Gasteiger partial charge in [-0.3, -0.25) is 4.79 Å². The van der Waals surface area contributed by atoms with Crippen LogP contribution in [0.25, 0.3) is 0 Å². The molecular formula is C17H29N3O. The molecule has 4 nitrogen and oxygen atoms in total. The molecule has 2 unspecified atom stereocenters. The molecule has 0 saturated heterocycles. The normalized spacial score (nSPS) is 15.3. The average Bonchev–Trinajstić information content (AvgIpc) is 2.39. The van der Waals surface area contributed by atoms with E-state index >= 15 is 0 Å². The van der Waals surface area contributed by atoms with Crippen molar-refractivity contribution in [3.05, 3.63) is 29.8 Å². The summed E-state index contributed by atoms with van der Waals surface area (Å²) < 4.78 is 0. The molecular weight excluding hydrogens is 262 g/mol. The van der Waals surface area contributed by atoms with Gasteiger partial charge in [0.05, 0.1) is 5.54 Å². The highest BCUT2D eigenvalue weighted by molar-refractivity contribution is 5.84. The first kappa shape index (κ1) is 17.5. The lowest BCUT2D eigenvalue weighted by Crippen LogP contribution is -2.56. The van der Waals surface area contributed by atoms with Gasteiger partial charge in [-0.1, -0.05) is 19.1 Å². The van der Waals surface area contributed by atoms with Crippen LogP contribution in [0.2, 0.25) is 0 Å². The van der Waals surface area contributed by atoms with Crippen molar-refractivity contribution in [1.82, 2.24) is 5.32 Å². The van der Waals surface area contributed by atoms with E-state index in [9.17, 15) is 4.79 Å². The highest BCUT2D eigenvalue weighted by Crippen LogP contribution is 2.23. The minimum atomic E-state index is -0.675. The molecule has 0 aliphatic heterocycles. The fourth-order valence-corrected chi connectivity index (χ4v) is 2.91. The van der Waals surface area contributed by atoms with Gasteiger partial charge in [0.1, 0.15) is 0 Å². The molecule has 1 amide bonds. The van der Waals surface area contributed by atoms with Crippen LogP contribution < -0.4 is 16.0 Å². The van der Waals surface area contributed by atoms with Crippen molar-refractivity contribution in [1.29, 1.82) is 0 Å². The minimum Gasteiger partial charge on any atom is -0.369 e. The van der Waals surface area contributed by atoms with Gasteiger partial charge in [-0.05, 0) is 58.4 Å². The predicted octanol–water partition coefficient (Wildman–Crippen LogP) is 2.45. The largest absolute Gasteiger partial charge is 0.369 e. The summed E-state index contributed by atoms with van der Waals surface area (Å²) >= 11 is 0. The lowest BCUT2D eigenvalue weighted by Gasteiger charge is -2.36. The van der Waals surface area contributed by atoms with Crippen LogP contribution in [-0.2, 0) is 4.79 Å². The van der Waals surface area contributed by atoms with Gasteiger partial charge in [-0.15, -0.1) is 0 Å². The Morgan fingerprint density at radius 3 is 2.57 bits per heavy atom. The number of benzene rings is 1. The van der Waals surface area contributed by atoms with E-state index in [1.54, 1.807) is 0 Å². The molecule has 4 heteroatoms. The van der Waals surface area contributed by atoms with E-state index in [2.05, 4.69) is 55.3 Å². The van der Waals surface area contributed by atoms with Crippen LogP contribution in [0.15, 0.2) is 24.3 Å². The summed E-state index contributed by atoms with van der Waals surface area (Å²) in [6.07, 6.45) is 0.679. The third-order valence-electron chi connectivity index (χ3n) is 4.02. The first-order chi connectivity index (χ1) is 9.84. The number of rotatable bonds is 8. The summed E-state index contributed by atoms with van der Waals surface area (Å²) in [6, 6.07) is 8.66. The maximum Gasteiger partial charge on any atom is 0.237 e. The highest BCUT2D eigenvalue weighted by Gasteiger charge is 2.33. The second-order valence-electron chi connectivity index (χ2n) is 5.90. The topological polar surface area (TPSA) is 58.4 Å². The SMILES string of the molecule is CCNC(C)(CC(C)N(CC)c1cccc(C)c1)C(N)=O. The second-order valence-corrected chi connectivity index (χ2v) is 5.90. The Morgan fingerprint density at radius 2 is 2.10 bits per heavy atom. The van der Waals surface area contributed by atoms with Crippen molar-refractivity contribution in [2.75, 3.05) is 18.0 Å². The number of primary amides is 1. The van der Waals surface area contributed by atoms with Crippen molar-refractivity contribution in [3.63, 3.8) is 0 Å². The molecule has 0 saturated carbocycles. The number of hydrogen-bond acceptors (Lipinski definition) is 3. The van der Waals surface area contributed by atoms with Gasteiger partial charge >= 0.3 is 0 Å². The number of nitrogens with zero attached hydrogens (tertiary/aromatic N) is 1. The van der Waals surface area contributed by atoms with Gasteiger partial charge in [0, 0.05) is 18.3 Å². The van der Waals surface area contributed by atoms with E-state index < -0.39 is 5.54 Å². The molecule has 0 fully saturated rings. The maximum atomic E-state index is 11.8. The molecule has 0 spiro atoms. The Balaban J connectivity index is 2.93. The molecule has 3 N–H and O–H groups in total. The van der Waals surface area contributed by atoms with Gasteiger partial charge in [0.2, 0.25) is 5.91 Å². The summed E-state index contributed by atoms with van der Waals surface area (Å²) in [5.74, 6) is -0.295. The molecule has 1 aromatic carbocycles. The van der Waals surface area contributed by atoms with E-state index in [0.29, 0.717) is 6.42 Å². The highest BCUT2D eigenvalue weighted by atomic mass is 16.1. The smallest absolute Gasteiger partial charge is 0.237 e. The fraction of sp³-hybridized carbons (Fsp3) is 0.588. The lowest BCUT2D eigenvalue weighted by atomic mass is 9.91. The zero-order chi connectivity index (χ0) is 16.0. The molecule has 0 bridgehead atoms. The number of nitrogens with two attached hydrogens (primary N) is 1. The lowest BCUT2D eigenvalue weighted by molar-refractivity contribution is -0.124. The van der Waals surface area contributed by atoms with Crippen LogP contribution in [0.3, 0.4) is 0 Å². The predicted molar refractivity (Wildman–Crippen MR) is 89.6 cm³/mol. The number of anilines is 1. The molecule has 1 rings (SSSR count). The maximum absolute atomic E-state index is 11.8. The standard InChI is InChI=1S/C17H29N3O/c1-6-19-17(5,16(18)21)12-14(4)20(7-2)15-10-8-9-13(3)11-15/h8-11,14,19H,6-7,12H2,1-5H3,(H2,18,21). The molecule has 0 radical (unpaired) electrons. The third-order valence-corrected chi connectivity index (χ3v) is 4.02. The third kappa shape index (κ3) is 4.46. The molecule has 21 heavy (non-hydrogen) atoms. The molecule has 0 aromatic heterocycles. The van der Waals surface area contributed by atoms with E-state index in [1.165, 1.54) is 11.3 Å². The second kappa shape index (κ2) is 7.46. The van der Waals surface area contributed by atoms with Gasteiger partial charge < -0.3 is 16.0 Å². The minimum absolute atomic E-state index is 0.216. The number of carbonyl (C=O) groups is 1. The summed E-state index contributed by atoms with van der Waals surface area (Å²) in [4.78, 5) is 14.1. The van der Waals surface area contributed by atoms with Crippen LogP contribution in [0.4, 0.5) is 5.69 Å². The fourth-order valence-electron chi connectivity index (χ4n) is 2.91. The zero-order valence-electron chi connectivity index (χ0n) is 13.9. The van der Waals surface area contributed by atoms with E-state index in [1.807, 2.05) is 13.8 Å². The van der Waals surface area contributed by atoms with Crippen molar-refractivity contribution in [2.45, 2.75) is 52.6 Å². The molecule has 0 heterocycles. The summed E-state index contributed by atoms with van der Waals surface area (Å²) in [6.45, 7) is 11.9. The van der Waals surface area contributed by atoms with Crippen molar-refractivity contribution < 1.29 is 4.79 Å². The first-order valence-corrected chi connectivity index (χ1v) is 7.72. The van der Waals surface area contributed by atoms with Crippen LogP contribution >= 0.6 is 0 Å². The summed E-state index contributed by atoms with van der Waals surface area (Å²) in [5.41, 5.74) is 7.34. The monoisotopic (exact) mass is 291 g/mol. The molecule has 0 aliphatic carbocycles. The van der Waals surface area contributed by atoms with Crippen molar-refractivity contribution in [2.24, 2.45) is 5.73 Å². The van der Waals surface area contributed by atoms with Gasteiger partial charge in [0.25, 0.3) is 0 Å². The number of hydrogen-bond donors (Lipinski definition) is 2. The molecule has 118 valence electrons. The van der Waals surface area contributed by atoms with E-state index in [4.69, 9.17) is 5.73 Å². The van der Waals surface area contributed by atoms with Gasteiger partial charge in [0.15, 0.2) is 0 Å². The Hall–Kier alpha value is -1.55. The number of aryl methyl sites for hydroxylation is 1. The van der Waals surface area contributed by atoms with Crippen molar-refractivity contribution in [3.8, 4) is 0 Å². The average molecular weight is 291 g/mol. The van der Waals surface area contributed by atoms with Crippen LogP contribution in [-0.4, -0.2) is 30.6 Å². The quantitative estimate of drug-likeness (QED) is 0.773.